The zero-order valence-corrected chi connectivity index (χ0v) is 18.5. The normalized spacial score (nSPS) is 13.6. The Bertz CT molecular complexity index is 1000. The molecule has 0 saturated carbocycles. The molecule has 1 N–H and O–H groups in total. The molecular weight excluding hydrogens is 406 g/mol. The van der Waals surface area contributed by atoms with E-state index in [1.807, 2.05) is 66.9 Å². The highest BCUT2D eigenvalue weighted by Gasteiger charge is 2.21. The van der Waals surface area contributed by atoms with E-state index >= 15 is 0 Å². The first-order valence-corrected chi connectivity index (χ1v) is 11.8. The second kappa shape index (κ2) is 10.4. The van der Waals surface area contributed by atoms with Crippen LogP contribution in [0.4, 0.5) is 11.4 Å². The number of nitrogens with zero attached hydrogens (tertiary/aromatic N) is 2. The smallest absolute Gasteiger partial charge is 0.275 e. The number of hydrogen-bond donors (Lipinski definition) is 1. The van der Waals surface area contributed by atoms with E-state index in [1.54, 1.807) is 18.0 Å². The topological polar surface area (TPSA) is 54.5 Å². The monoisotopic (exact) mass is 433 g/mol. The first-order chi connectivity index (χ1) is 15.2. The van der Waals surface area contributed by atoms with Crippen LogP contribution in [-0.4, -0.2) is 30.2 Å². The van der Waals surface area contributed by atoms with Crippen LogP contribution in [0.1, 0.15) is 35.3 Å². The lowest BCUT2D eigenvalue weighted by molar-refractivity contribution is 0.101. The Morgan fingerprint density at radius 1 is 1.03 bits per heavy atom. The summed E-state index contributed by atoms with van der Waals surface area (Å²) in [6, 6.07) is 19.5. The second-order valence-electron chi connectivity index (χ2n) is 7.51. The second-order valence-corrected chi connectivity index (χ2v) is 8.33. The molecule has 2 aromatic carbocycles. The Labute approximate surface area is 187 Å². The van der Waals surface area contributed by atoms with E-state index in [0.717, 1.165) is 35.0 Å². The molecule has 1 aliphatic heterocycles. The number of aromatic nitrogens is 1. The lowest BCUT2D eigenvalue weighted by atomic mass is 10.1. The number of carbonyl (C=O) groups is 1. The van der Waals surface area contributed by atoms with E-state index in [0.29, 0.717) is 18.0 Å². The van der Waals surface area contributed by atoms with Gasteiger partial charge in [0.1, 0.15) is 18.1 Å². The maximum absolute atomic E-state index is 13.0. The van der Waals surface area contributed by atoms with Crippen LogP contribution < -0.4 is 15.0 Å². The highest BCUT2D eigenvalue weighted by molar-refractivity contribution is 7.98. The van der Waals surface area contributed by atoms with Crippen molar-refractivity contribution in [2.75, 3.05) is 29.6 Å². The van der Waals surface area contributed by atoms with Crippen LogP contribution in [0.2, 0.25) is 0 Å². The summed E-state index contributed by atoms with van der Waals surface area (Å²) in [6.07, 6.45) is 7.39. The van der Waals surface area contributed by atoms with E-state index in [9.17, 15) is 4.79 Å². The minimum Gasteiger partial charge on any atom is -0.489 e. The van der Waals surface area contributed by atoms with Crippen LogP contribution >= 0.6 is 11.8 Å². The van der Waals surface area contributed by atoms with Crippen molar-refractivity contribution in [1.29, 1.82) is 0 Å². The number of piperidine rings is 1. The number of pyridine rings is 1. The Morgan fingerprint density at radius 2 is 1.77 bits per heavy atom. The fourth-order valence-corrected chi connectivity index (χ4v) is 4.50. The summed E-state index contributed by atoms with van der Waals surface area (Å²) >= 11 is 1.58. The quantitative estimate of drug-likeness (QED) is 0.490. The van der Waals surface area contributed by atoms with E-state index in [-0.39, 0.29) is 5.91 Å². The third-order valence-electron chi connectivity index (χ3n) is 5.36. The molecule has 5 nitrogen and oxygen atoms in total. The van der Waals surface area contributed by atoms with Crippen LogP contribution in [0.3, 0.4) is 0 Å². The SMILES string of the molecule is CSc1c(N2CCCCC2)ccnc1C(=O)Nc1ccc(OCc2ccccc2)cc1. The molecule has 2 heterocycles. The summed E-state index contributed by atoms with van der Waals surface area (Å²) in [5.41, 5.74) is 3.41. The first kappa shape index (κ1) is 21.2. The predicted octanol–water partition coefficient (Wildman–Crippen LogP) is 5.63. The molecule has 0 aliphatic carbocycles. The van der Waals surface area contributed by atoms with Crippen molar-refractivity contribution in [3.05, 3.63) is 78.1 Å². The third kappa shape index (κ3) is 5.39. The maximum atomic E-state index is 13.0. The summed E-state index contributed by atoms with van der Waals surface area (Å²) < 4.78 is 5.82. The molecule has 1 fully saturated rings. The minimum atomic E-state index is -0.193. The number of anilines is 2. The number of carbonyl (C=O) groups excluding carboxylic acids is 1. The lowest BCUT2D eigenvalue weighted by Gasteiger charge is -2.30. The number of nitrogens with one attached hydrogen (secondary N) is 1. The molecular formula is C25H27N3O2S. The summed E-state index contributed by atoms with van der Waals surface area (Å²) in [6.45, 7) is 2.57. The molecule has 1 amide bonds. The van der Waals surface area contributed by atoms with Gasteiger partial charge < -0.3 is 15.0 Å². The van der Waals surface area contributed by atoms with Gasteiger partial charge in [-0.25, -0.2) is 4.98 Å². The summed E-state index contributed by atoms with van der Waals surface area (Å²) in [7, 11) is 0. The Kier molecular flexibility index (Phi) is 7.10. The number of amides is 1. The van der Waals surface area contributed by atoms with Crippen LogP contribution in [-0.2, 0) is 6.61 Å². The van der Waals surface area contributed by atoms with Crippen molar-refractivity contribution in [2.24, 2.45) is 0 Å². The van der Waals surface area contributed by atoms with Crippen molar-refractivity contribution in [3.8, 4) is 5.75 Å². The van der Waals surface area contributed by atoms with Gasteiger partial charge in [0.25, 0.3) is 5.91 Å². The molecule has 0 bridgehead atoms. The van der Waals surface area contributed by atoms with Crippen LogP contribution in [0.15, 0.2) is 71.8 Å². The average molecular weight is 434 g/mol. The molecule has 0 atom stereocenters. The van der Waals surface area contributed by atoms with Gasteiger partial charge in [0, 0.05) is 25.0 Å². The van der Waals surface area contributed by atoms with E-state index in [4.69, 9.17) is 4.74 Å². The third-order valence-corrected chi connectivity index (χ3v) is 6.17. The fraction of sp³-hybridized carbons (Fsp3) is 0.280. The van der Waals surface area contributed by atoms with Gasteiger partial charge in [-0.15, -0.1) is 11.8 Å². The highest BCUT2D eigenvalue weighted by Crippen LogP contribution is 2.33. The molecule has 0 unspecified atom stereocenters. The van der Waals surface area contributed by atoms with Gasteiger partial charge in [0.15, 0.2) is 0 Å². The molecule has 6 heteroatoms. The number of thioether (sulfide) groups is 1. The van der Waals surface area contributed by atoms with Crippen molar-refractivity contribution >= 4 is 29.0 Å². The number of rotatable bonds is 7. The average Bonchev–Trinajstić information content (AvgIpc) is 2.84. The molecule has 31 heavy (non-hydrogen) atoms. The number of hydrogen-bond acceptors (Lipinski definition) is 5. The molecule has 0 radical (unpaired) electrons. The molecule has 3 aromatic rings. The van der Waals surface area contributed by atoms with Crippen molar-refractivity contribution < 1.29 is 9.53 Å². The Balaban J connectivity index is 1.43. The minimum absolute atomic E-state index is 0.193. The Hall–Kier alpha value is -2.99. The van der Waals surface area contributed by atoms with Crippen molar-refractivity contribution in [3.63, 3.8) is 0 Å². The van der Waals surface area contributed by atoms with Gasteiger partial charge in [0.05, 0.1) is 10.6 Å². The summed E-state index contributed by atoms with van der Waals surface area (Å²) in [5, 5.41) is 2.98. The summed E-state index contributed by atoms with van der Waals surface area (Å²) in [4.78, 5) is 20.7. The molecule has 0 spiro atoms. The first-order valence-electron chi connectivity index (χ1n) is 10.6. The highest BCUT2D eigenvalue weighted by atomic mass is 32.2. The van der Waals surface area contributed by atoms with Crippen LogP contribution in [0, 0.1) is 0 Å². The molecule has 160 valence electrons. The van der Waals surface area contributed by atoms with Gasteiger partial charge >= 0.3 is 0 Å². The summed E-state index contributed by atoms with van der Waals surface area (Å²) in [5.74, 6) is 0.568. The predicted molar refractivity (Wildman–Crippen MR) is 127 cm³/mol. The molecule has 4 rings (SSSR count). The van der Waals surface area contributed by atoms with E-state index < -0.39 is 0 Å². The van der Waals surface area contributed by atoms with Crippen LogP contribution in [0.5, 0.6) is 5.75 Å². The van der Waals surface area contributed by atoms with Gasteiger partial charge in [-0.2, -0.15) is 0 Å². The zero-order chi connectivity index (χ0) is 21.5. The van der Waals surface area contributed by atoms with Crippen LogP contribution in [0.25, 0.3) is 0 Å². The van der Waals surface area contributed by atoms with E-state index in [2.05, 4.69) is 15.2 Å². The molecule has 1 aromatic heterocycles. The van der Waals surface area contributed by atoms with Gasteiger partial charge in [-0.05, 0) is 61.4 Å². The maximum Gasteiger partial charge on any atom is 0.275 e. The van der Waals surface area contributed by atoms with Crippen molar-refractivity contribution in [1.82, 2.24) is 4.98 Å². The fourth-order valence-electron chi connectivity index (χ4n) is 3.75. The number of ether oxygens (including phenoxy) is 1. The molecule has 1 saturated heterocycles. The van der Waals surface area contributed by atoms with Crippen molar-refractivity contribution in [2.45, 2.75) is 30.8 Å². The largest absolute Gasteiger partial charge is 0.489 e. The number of benzene rings is 2. The Morgan fingerprint density at radius 3 is 2.48 bits per heavy atom. The molecule has 1 aliphatic rings. The van der Waals surface area contributed by atoms with Gasteiger partial charge in [-0.1, -0.05) is 30.3 Å². The van der Waals surface area contributed by atoms with E-state index in [1.165, 1.54) is 19.3 Å². The zero-order valence-electron chi connectivity index (χ0n) is 17.7. The lowest BCUT2D eigenvalue weighted by Crippen LogP contribution is -2.30. The van der Waals surface area contributed by atoms with Gasteiger partial charge in [-0.3, -0.25) is 4.79 Å². The van der Waals surface area contributed by atoms with Gasteiger partial charge in [0.2, 0.25) is 0 Å². The standard InChI is InChI=1S/C25H27N3O2S/c1-31-24-22(28-16-6-3-7-17-28)14-15-26-23(24)25(29)27-20-10-12-21(13-11-20)30-18-19-8-4-2-5-9-19/h2,4-5,8-15H,3,6-7,16-18H2,1H3,(H,27,29).